The largest absolute Gasteiger partial charge is 0.379 e. The molecule has 13 heteroatoms. The van der Waals surface area contributed by atoms with Gasteiger partial charge in [-0.15, -0.1) is 0 Å². The van der Waals surface area contributed by atoms with Crippen molar-refractivity contribution in [2.45, 2.75) is 25.4 Å². The first-order valence-corrected chi connectivity index (χ1v) is 20.4. The Balaban J connectivity index is 1.46. The Bertz CT molecular complexity index is 1580. The zero-order valence-electron chi connectivity index (χ0n) is 30.3. The lowest BCUT2D eigenvalue weighted by Gasteiger charge is -2.41. The molecule has 5 aliphatic heterocycles. The summed E-state index contributed by atoms with van der Waals surface area (Å²) < 4.78 is 12.2. The van der Waals surface area contributed by atoms with Gasteiger partial charge >= 0.3 is 0 Å². The average molecular weight is 704 g/mol. The molecule has 0 radical (unpaired) electrons. The van der Waals surface area contributed by atoms with Crippen LogP contribution in [0.15, 0.2) is 54.9 Å². The normalized spacial score (nSPS) is 20.9. The van der Waals surface area contributed by atoms with Gasteiger partial charge in [-0.25, -0.2) is 25.0 Å². The molecule has 1 fully saturated rings. The number of nitrogens with zero attached hydrogens (tertiary/aromatic N) is 9. The molecule has 3 atom stereocenters. The van der Waals surface area contributed by atoms with E-state index in [9.17, 15) is 4.79 Å². The molecule has 0 N–H and O–H groups in total. The van der Waals surface area contributed by atoms with E-state index in [2.05, 4.69) is 63.8 Å². The van der Waals surface area contributed by atoms with Crippen molar-refractivity contribution in [3.63, 3.8) is 0 Å². The molecule has 3 unspecified atom stereocenters. The van der Waals surface area contributed by atoms with E-state index in [0.29, 0.717) is 58.6 Å². The number of anilines is 3. The van der Waals surface area contributed by atoms with Gasteiger partial charge in [0.25, 0.3) is 0 Å². The summed E-state index contributed by atoms with van der Waals surface area (Å²) in [6.45, 7) is 6.70. The zero-order valence-corrected chi connectivity index (χ0v) is 31.1. The van der Waals surface area contributed by atoms with E-state index < -0.39 is 10.0 Å². The van der Waals surface area contributed by atoms with E-state index in [1.807, 2.05) is 48.3 Å². The van der Waals surface area contributed by atoms with Crippen LogP contribution in [0.2, 0.25) is 0 Å². The van der Waals surface area contributed by atoms with Crippen LogP contribution in [0.25, 0.3) is 11.3 Å². The minimum Gasteiger partial charge on any atom is -0.379 e. The predicted molar refractivity (Wildman–Crippen MR) is 202 cm³/mol. The van der Waals surface area contributed by atoms with E-state index in [4.69, 9.17) is 29.7 Å². The Morgan fingerprint density at radius 2 is 1.80 bits per heavy atom. The van der Waals surface area contributed by atoms with Gasteiger partial charge in [0.15, 0.2) is 0 Å². The summed E-state index contributed by atoms with van der Waals surface area (Å²) >= 11 is 0. The number of carbonyl (C=O) groups is 1. The number of piperazine rings is 1. The van der Waals surface area contributed by atoms with E-state index in [0.717, 1.165) is 66.7 Å². The van der Waals surface area contributed by atoms with Gasteiger partial charge in [0, 0.05) is 88.8 Å². The fourth-order valence-electron chi connectivity index (χ4n) is 6.07. The van der Waals surface area contributed by atoms with Crippen LogP contribution in [0.3, 0.4) is 0 Å². The third-order valence-corrected chi connectivity index (χ3v) is 10.5. The van der Waals surface area contributed by atoms with Gasteiger partial charge in [0.1, 0.15) is 12.5 Å². The molecule has 270 valence electrons. The summed E-state index contributed by atoms with van der Waals surface area (Å²) in [6.07, 6.45) is 11.7. The molecule has 50 heavy (non-hydrogen) atoms. The van der Waals surface area contributed by atoms with Crippen molar-refractivity contribution in [1.29, 1.82) is 5.26 Å². The van der Waals surface area contributed by atoms with Crippen LogP contribution in [0, 0.1) is 11.3 Å². The van der Waals surface area contributed by atoms with Crippen LogP contribution in [0.1, 0.15) is 18.4 Å². The highest BCUT2D eigenvalue weighted by molar-refractivity contribution is 8.32. The van der Waals surface area contributed by atoms with Crippen molar-refractivity contribution in [1.82, 2.24) is 29.7 Å². The monoisotopic (exact) mass is 703 g/mol. The Labute approximate surface area is 299 Å². The molecule has 1 amide bonds. The van der Waals surface area contributed by atoms with Gasteiger partial charge in [-0.1, -0.05) is 12.1 Å². The smallest absolute Gasteiger partial charge is 0.236 e. The molecule has 0 saturated carbocycles. The molecule has 7 heterocycles. The first-order chi connectivity index (χ1) is 24.1. The van der Waals surface area contributed by atoms with Gasteiger partial charge < -0.3 is 19.3 Å². The maximum absolute atomic E-state index is 13.3. The topological polar surface area (TPSA) is 114 Å². The minimum atomic E-state index is -0.697. The van der Waals surface area contributed by atoms with Crippen LogP contribution in [0.5, 0.6) is 0 Å². The number of rotatable bonds is 9. The van der Waals surface area contributed by atoms with Crippen LogP contribution in [0.4, 0.5) is 17.5 Å². The number of ether oxygens (including phenoxy) is 2. The Morgan fingerprint density at radius 3 is 2.58 bits per heavy atom. The molecular weight excluding hydrogens is 651 g/mol. The number of carbonyl (C=O) groups excluding carboxylic acids is 1. The third kappa shape index (κ3) is 10.8. The SMILES string of the molecule is CN1CCCN(C)c2ccc(cn2)-c2ccnc(n2)N(COCCS(C)(C)C)c2cccc(c2)CN2CCN(CC1=O)CC2COCCC#N. The third-order valence-electron chi connectivity index (χ3n) is 9.12. The number of hydrogen-bond donors (Lipinski definition) is 0. The number of pyridine rings is 1. The van der Waals surface area contributed by atoms with Crippen LogP contribution in [-0.2, 0) is 20.8 Å². The van der Waals surface area contributed by atoms with Crippen LogP contribution < -0.4 is 9.80 Å². The van der Waals surface area contributed by atoms with E-state index in [1.165, 1.54) is 0 Å². The van der Waals surface area contributed by atoms with E-state index in [-0.39, 0.29) is 11.9 Å². The van der Waals surface area contributed by atoms with Crippen molar-refractivity contribution >= 4 is 33.4 Å². The van der Waals surface area contributed by atoms with E-state index in [1.54, 1.807) is 6.20 Å². The highest BCUT2D eigenvalue weighted by Gasteiger charge is 2.29. The lowest BCUT2D eigenvalue weighted by atomic mass is 10.1. The Morgan fingerprint density at radius 1 is 0.960 bits per heavy atom. The molecule has 1 saturated heterocycles. The molecular formula is C37H53N9O3S. The van der Waals surface area contributed by atoms with Crippen molar-refractivity contribution in [2.75, 3.05) is 114 Å². The highest BCUT2D eigenvalue weighted by atomic mass is 32.3. The van der Waals surface area contributed by atoms with Crippen LogP contribution >= 0.6 is 10.0 Å². The molecule has 12 nitrogen and oxygen atoms in total. The molecule has 8 rings (SSSR count). The predicted octanol–water partition coefficient (Wildman–Crippen LogP) is 4.06. The van der Waals surface area contributed by atoms with Crippen LogP contribution in [-0.4, -0.2) is 146 Å². The first-order valence-electron chi connectivity index (χ1n) is 17.4. The quantitative estimate of drug-likeness (QED) is 0.301. The molecule has 3 aromatic rings. The summed E-state index contributed by atoms with van der Waals surface area (Å²) in [4.78, 5) is 38.4. The minimum absolute atomic E-state index is 0.0795. The highest BCUT2D eigenvalue weighted by Crippen LogP contribution is 2.34. The maximum atomic E-state index is 13.3. The number of benzene rings is 1. The number of nitriles is 1. The van der Waals surface area contributed by atoms with Crippen molar-refractivity contribution < 1.29 is 14.3 Å². The standard InChI is InChI=1S/C37H53N9O3S/c1-42-16-8-17-43(2)36(47)27-44-18-19-45(33(26-44)28-48-20-7-14-38)25-30-9-6-10-32(23-30)46(29-49-21-22-50(3,4)5)37-39-15-13-34(41-37)31-11-12-35(42)40-24-31/h6,9-13,15,23-24,33H,7-8,16-22,25-29H2,1-5H3. The Kier molecular flexibility index (Phi) is 13.4. The number of amides is 1. The number of likely N-dealkylation sites (N-methyl/N-ethyl adjacent to an activating group) is 1. The van der Waals surface area contributed by atoms with Crippen molar-refractivity contribution in [2.24, 2.45) is 0 Å². The Hall–Kier alpha value is -3.80. The van der Waals surface area contributed by atoms with Gasteiger partial charge in [-0.3, -0.25) is 19.5 Å². The molecule has 1 aromatic carbocycles. The van der Waals surface area contributed by atoms with Gasteiger partial charge in [-0.05, 0) is 61.1 Å². The molecule has 2 aromatic heterocycles. The number of hydrogen-bond acceptors (Lipinski definition) is 11. The summed E-state index contributed by atoms with van der Waals surface area (Å²) in [5.74, 6) is 2.56. The van der Waals surface area contributed by atoms with E-state index >= 15 is 0 Å². The summed E-state index contributed by atoms with van der Waals surface area (Å²) in [7, 11) is 3.22. The lowest BCUT2D eigenvalue weighted by Crippen LogP contribution is -2.56. The summed E-state index contributed by atoms with van der Waals surface area (Å²) in [5, 5.41) is 9.04. The second kappa shape index (κ2) is 17.9. The van der Waals surface area contributed by atoms with Gasteiger partial charge in [0.2, 0.25) is 11.9 Å². The van der Waals surface area contributed by atoms with Crippen molar-refractivity contribution in [3.05, 3.63) is 60.4 Å². The molecule has 8 bridgehead atoms. The molecule has 5 aliphatic rings. The maximum Gasteiger partial charge on any atom is 0.236 e. The zero-order chi connectivity index (χ0) is 35.5. The summed E-state index contributed by atoms with van der Waals surface area (Å²) in [6, 6.07) is 16.7. The second-order valence-corrected chi connectivity index (χ2v) is 18.6. The second-order valence-electron chi connectivity index (χ2n) is 14.0. The van der Waals surface area contributed by atoms with Gasteiger partial charge in [-0.2, -0.15) is 5.26 Å². The molecule has 0 aliphatic carbocycles. The van der Waals surface area contributed by atoms with Gasteiger partial charge in [0.05, 0.1) is 44.5 Å². The number of aromatic nitrogens is 3. The molecule has 0 spiro atoms. The average Bonchev–Trinajstić information content (AvgIpc) is 3.10. The summed E-state index contributed by atoms with van der Waals surface area (Å²) in [5.41, 5.74) is 3.79. The van der Waals surface area contributed by atoms with Crippen molar-refractivity contribution in [3.8, 4) is 17.3 Å². The fourth-order valence-corrected chi connectivity index (χ4v) is 6.69. The fraction of sp³-hybridized carbons (Fsp3) is 0.541. The lowest BCUT2D eigenvalue weighted by molar-refractivity contribution is -0.132. The first kappa shape index (κ1) is 37.5.